The standard InChI is InChI=1S/C15H10ClN5O2/c16-14-12-3-1-2-4-13(12)15(20-18-14)19-17-9-10-5-7-11(8-6-10)21(22)23/h1-9H,(H,19,20). The molecule has 3 aromatic rings. The maximum Gasteiger partial charge on any atom is 0.269 e. The number of nitrogens with zero attached hydrogens (tertiary/aromatic N) is 4. The largest absolute Gasteiger partial charge is 0.269 e. The molecule has 0 saturated carbocycles. The molecule has 8 heteroatoms. The van der Waals surface area contributed by atoms with Crippen LogP contribution in [0.2, 0.25) is 5.15 Å². The van der Waals surface area contributed by atoms with Crippen LogP contribution in [0.25, 0.3) is 10.8 Å². The molecule has 0 spiro atoms. The Morgan fingerprint density at radius 3 is 2.48 bits per heavy atom. The average Bonchev–Trinajstić information content (AvgIpc) is 2.58. The number of fused-ring (bicyclic) bond motifs is 1. The maximum atomic E-state index is 10.6. The summed E-state index contributed by atoms with van der Waals surface area (Å²) in [5, 5.41) is 24.4. The number of anilines is 1. The van der Waals surface area contributed by atoms with E-state index in [1.165, 1.54) is 18.3 Å². The van der Waals surface area contributed by atoms with Crippen LogP contribution in [0, 0.1) is 10.1 Å². The van der Waals surface area contributed by atoms with Crippen molar-refractivity contribution < 1.29 is 4.92 Å². The van der Waals surface area contributed by atoms with Crippen LogP contribution >= 0.6 is 11.6 Å². The van der Waals surface area contributed by atoms with Gasteiger partial charge in [0.05, 0.1) is 11.1 Å². The number of nitro benzene ring substituents is 1. The highest BCUT2D eigenvalue weighted by Gasteiger charge is 2.06. The van der Waals surface area contributed by atoms with Crippen molar-refractivity contribution in [1.29, 1.82) is 0 Å². The summed E-state index contributed by atoms with van der Waals surface area (Å²) in [4.78, 5) is 10.1. The Labute approximate surface area is 135 Å². The number of rotatable bonds is 4. The minimum Gasteiger partial charge on any atom is -0.259 e. The van der Waals surface area contributed by atoms with Crippen LogP contribution in [0.4, 0.5) is 11.5 Å². The van der Waals surface area contributed by atoms with E-state index in [0.29, 0.717) is 16.5 Å². The second-order valence-electron chi connectivity index (χ2n) is 4.60. The van der Waals surface area contributed by atoms with Crippen molar-refractivity contribution in [1.82, 2.24) is 10.2 Å². The molecule has 0 unspecified atom stereocenters. The first-order valence-corrected chi connectivity index (χ1v) is 6.97. The van der Waals surface area contributed by atoms with Gasteiger partial charge in [0.1, 0.15) is 0 Å². The summed E-state index contributed by atoms with van der Waals surface area (Å²) in [6.45, 7) is 0. The Kier molecular flexibility index (Phi) is 4.11. The topological polar surface area (TPSA) is 93.3 Å². The lowest BCUT2D eigenvalue weighted by molar-refractivity contribution is -0.384. The monoisotopic (exact) mass is 327 g/mol. The predicted molar refractivity (Wildman–Crippen MR) is 88.9 cm³/mol. The Morgan fingerprint density at radius 1 is 1.09 bits per heavy atom. The van der Waals surface area contributed by atoms with E-state index in [9.17, 15) is 10.1 Å². The van der Waals surface area contributed by atoms with Crippen LogP contribution < -0.4 is 5.43 Å². The lowest BCUT2D eigenvalue weighted by Crippen LogP contribution is -1.97. The van der Waals surface area contributed by atoms with Crippen molar-refractivity contribution >= 4 is 40.1 Å². The fourth-order valence-electron chi connectivity index (χ4n) is 2.00. The highest BCUT2D eigenvalue weighted by atomic mass is 35.5. The molecule has 2 aromatic carbocycles. The zero-order chi connectivity index (χ0) is 16.2. The lowest BCUT2D eigenvalue weighted by atomic mass is 10.2. The number of nitro groups is 1. The quantitative estimate of drug-likeness (QED) is 0.448. The second-order valence-corrected chi connectivity index (χ2v) is 4.96. The van der Waals surface area contributed by atoms with Gasteiger partial charge in [-0.15, -0.1) is 10.2 Å². The summed E-state index contributed by atoms with van der Waals surface area (Å²) in [5.74, 6) is 0.475. The van der Waals surface area contributed by atoms with E-state index in [-0.39, 0.29) is 5.69 Å². The van der Waals surface area contributed by atoms with Gasteiger partial charge in [0, 0.05) is 22.9 Å². The molecule has 7 nitrogen and oxygen atoms in total. The van der Waals surface area contributed by atoms with Crippen LogP contribution in [0.3, 0.4) is 0 Å². The summed E-state index contributed by atoms with van der Waals surface area (Å²) in [7, 11) is 0. The molecule has 114 valence electrons. The van der Waals surface area contributed by atoms with E-state index in [2.05, 4.69) is 20.7 Å². The number of hydrogen-bond donors (Lipinski definition) is 1. The molecule has 0 saturated heterocycles. The van der Waals surface area contributed by atoms with E-state index in [1.807, 2.05) is 24.3 Å². The van der Waals surface area contributed by atoms with Crippen LogP contribution in [0.1, 0.15) is 5.56 Å². The molecule has 0 aliphatic carbocycles. The Balaban J connectivity index is 1.80. The molecule has 0 fully saturated rings. The van der Waals surface area contributed by atoms with Crippen LogP contribution in [-0.4, -0.2) is 21.3 Å². The van der Waals surface area contributed by atoms with Crippen LogP contribution in [-0.2, 0) is 0 Å². The van der Waals surface area contributed by atoms with E-state index >= 15 is 0 Å². The summed E-state index contributed by atoms with van der Waals surface area (Å²) in [6, 6.07) is 13.5. The minimum absolute atomic E-state index is 0.0321. The van der Waals surface area contributed by atoms with Gasteiger partial charge in [0.2, 0.25) is 0 Å². The molecule has 0 amide bonds. The second kappa shape index (κ2) is 6.37. The van der Waals surface area contributed by atoms with E-state index in [0.717, 1.165) is 10.8 Å². The first kappa shape index (κ1) is 14.9. The summed E-state index contributed by atoms with van der Waals surface area (Å²) >= 11 is 6.00. The molecule has 0 aliphatic rings. The third kappa shape index (κ3) is 3.24. The van der Waals surface area contributed by atoms with Gasteiger partial charge in [0.25, 0.3) is 5.69 Å². The fraction of sp³-hybridized carbons (Fsp3) is 0. The van der Waals surface area contributed by atoms with E-state index in [1.54, 1.807) is 12.1 Å². The van der Waals surface area contributed by atoms with Crippen molar-refractivity contribution in [2.45, 2.75) is 0 Å². The van der Waals surface area contributed by atoms with Crippen molar-refractivity contribution in [2.24, 2.45) is 5.10 Å². The van der Waals surface area contributed by atoms with Gasteiger partial charge in [-0.05, 0) is 17.7 Å². The highest BCUT2D eigenvalue weighted by Crippen LogP contribution is 2.25. The summed E-state index contributed by atoms with van der Waals surface area (Å²) in [5.41, 5.74) is 3.55. The molecular weight excluding hydrogens is 318 g/mol. The SMILES string of the molecule is O=[N+]([O-])c1ccc(C=NNc2nnc(Cl)c3ccccc23)cc1. The Morgan fingerprint density at radius 2 is 1.78 bits per heavy atom. The Hall–Kier alpha value is -3.06. The number of hydrazone groups is 1. The zero-order valence-corrected chi connectivity index (χ0v) is 12.4. The molecule has 0 aliphatic heterocycles. The van der Waals surface area contributed by atoms with Gasteiger partial charge >= 0.3 is 0 Å². The molecule has 3 rings (SSSR count). The number of hydrogen-bond acceptors (Lipinski definition) is 6. The third-order valence-electron chi connectivity index (χ3n) is 3.13. The van der Waals surface area contributed by atoms with Crippen molar-refractivity contribution in [3.63, 3.8) is 0 Å². The maximum absolute atomic E-state index is 10.6. The van der Waals surface area contributed by atoms with Crippen molar-refractivity contribution in [3.8, 4) is 0 Å². The molecule has 0 atom stereocenters. The zero-order valence-electron chi connectivity index (χ0n) is 11.7. The number of nitrogens with one attached hydrogen (secondary N) is 1. The van der Waals surface area contributed by atoms with E-state index < -0.39 is 4.92 Å². The molecule has 1 aromatic heterocycles. The minimum atomic E-state index is -0.450. The molecule has 23 heavy (non-hydrogen) atoms. The van der Waals surface area contributed by atoms with Gasteiger partial charge in [-0.1, -0.05) is 35.9 Å². The summed E-state index contributed by atoms with van der Waals surface area (Å²) < 4.78 is 0. The highest BCUT2D eigenvalue weighted by molar-refractivity contribution is 6.34. The normalized spacial score (nSPS) is 11.0. The summed E-state index contributed by atoms with van der Waals surface area (Å²) in [6.07, 6.45) is 1.54. The number of halogens is 1. The van der Waals surface area contributed by atoms with Gasteiger partial charge in [-0.3, -0.25) is 15.5 Å². The lowest BCUT2D eigenvalue weighted by Gasteiger charge is -2.04. The molecule has 1 N–H and O–H groups in total. The number of aromatic nitrogens is 2. The molecular formula is C15H10ClN5O2. The number of benzene rings is 2. The molecule has 0 bridgehead atoms. The van der Waals surface area contributed by atoms with Crippen molar-refractivity contribution in [3.05, 3.63) is 69.4 Å². The van der Waals surface area contributed by atoms with Gasteiger partial charge in [0.15, 0.2) is 11.0 Å². The third-order valence-corrected chi connectivity index (χ3v) is 3.41. The van der Waals surface area contributed by atoms with Gasteiger partial charge < -0.3 is 0 Å². The van der Waals surface area contributed by atoms with Gasteiger partial charge in [-0.2, -0.15) is 5.10 Å². The van der Waals surface area contributed by atoms with Crippen LogP contribution in [0.5, 0.6) is 0 Å². The first-order chi connectivity index (χ1) is 11.1. The fourth-order valence-corrected chi connectivity index (χ4v) is 2.21. The molecule has 0 radical (unpaired) electrons. The Bertz CT molecular complexity index is 896. The number of non-ortho nitro benzene ring substituents is 1. The smallest absolute Gasteiger partial charge is 0.259 e. The average molecular weight is 328 g/mol. The predicted octanol–water partition coefficient (Wildman–Crippen LogP) is 3.64. The van der Waals surface area contributed by atoms with Gasteiger partial charge in [-0.25, -0.2) is 0 Å². The van der Waals surface area contributed by atoms with E-state index in [4.69, 9.17) is 11.6 Å². The van der Waals surface area contributed by atoms with Crippen molar-refractivity contribution in [2.75, 3.05) is 5.43 Å². The van der Waals surface area contributed by atoms with Crippen LogP contribution in [0.15, 0.2) is 53.6 Å². The molecule has 1 heterocycles. The first-order valence-electron chi connectivity index (χ1n) is 6.59.